The Morgan fingerprint density at radius 1 is 1.07 bits per heavy atom. The van der Waals surface area contributed by atoms with Crippen LogP contribution < -0.4 is 35.0 Å². The first-order valence-corrected chi connectivity index (χ1v) is 14.0. The monoisotopic (exact) mass is 622 g/mol. The van der Waals surface area contributed by atoms with Crippen LogP contribution in [0.25, 0.3) is 0 Å². The number of carbonyl (C=O) groups excluding carboxylic acids is 2. The number of ether oxygens (including phenoxy) is 5. The van der Waals surface area contributed by atoms with E-state index < -0.39 is 24.3 Å². The molecule has 0 bridgehead atoms. The van der Waals surface area contributed by atoms with Crippen molar-refractivity contribution in [3.63, 3.8) is 0 Å². The average Bonchev–Trinajstić information content (AvgIpc) is 3.03. The Labute approximate surface area is 259 Å². The maximum atomic E-state index is 13.3. The van der Waals surface area contributed by atoms with Gasteiger partial charge in [0.2, 0.25) is 0 Å². The van der Waals surface area contributed by atoms with Crippen LogP contribution in [0.5, 0.6) is 23.0 Å². The minimum absolute atomic E-state index is 0.177. The van der Waals surface area contributed by atoms with E-state index in [1.807, 2.05) is 0 Å². The van der Waals surface area contributed by atoms with Crippen LogP contribution in [0.4, 0.5) is 9.18 Å². The molecular formula is C32H35FN4O8. The predicted octanol–water partition coefficient (Wildman–Crippen LogP) is 3.93. The highest BCUT2D eigenvalue weighted by Gasteiger charge is 2.32. The fraction of sp³-hybridized carbons (Fsp3) is 0.281. The number of methoxy groups -OCH3 is 2. The molecule has 1 aliphatic rings. The molecule has 0 saturated heterocycles. The standard InChI is InChI=1S/C32H35FN4O8/c1-5-43-26-15-21(29-28(31(39)42-4)19(2)35-32(40)36-29)11-14-24(26)44-18-27(38)37-34-16-22-7-6-8-25(41-3)30(22)45-17-20-9-12-23(33)13-10-20/h6-16,27,29,37-38H,5,17-18H2,1-4H3,(H2,35,36,40)/b34-16+/t27-,29+/m0/s1. The summed E-state index contributed by atoms with van der Waals surface area (Å²) >= 11 is 0. The molecule has 1 aliphatic heterocycles. The van der Waals surface area contributed by atoms with Gasteiger partial charge in [0, 0.05) is 11.3 Å². The van der Waals surface area contributed by atoms with Gasteiger partial charge < -0.3 is 39.4 Å². The second-order valence-corrected chi connectivity index (χ2v) is 9.71. The van der Waals surface area contributed by atoms with Crippen molar-refractivity contribution in [2.45, 2.75) is 32.7 Å². The third kappa shape index (κ3) is 8.42. The normalized spacial score (nSPS) is 15.2. The number of amides is 2. The minimum atomic E-state index is -1.20. The Kier molecular flexibility index (Phi) is 11.2. The molecule has 1 heterocycles. The minimum Gasteiger partial charge on any atom is -0.493 e. The summed E-state index contributed by atoms with van der Waals surface area (Å²) in [5.41, 5.74) is 5.15. The molecule has 0 unspecified atom stereocenters. The summed E-state index contributed by atoms with van der Waals surface area (Å²) in [5, 5.41) is 19.9. The lowest BCUT2D eigenvalue weighted by molar-refractivity contribution is -0.136. The van der Waals surface area contributed by atoms with Crippen molar-refractivity contribution in [1.29, 1.82) is 0 Å². The van der Waals surface area contributed by atoms with Gasteiger partial charge in [-0.25, -0.2) is 14.0 Å². The lowest BCUT2D eigenvalue weighted by atomic mass is 9.95. The Morgan fingerprint density at radius 3 is 2.56 bits per heavy atom. The van der Waals surface area contributed by atoms with Gasteiger partial charge in [0.15, 0.2) is 29.2 Å². The molecule has 4 rings (SSSR count). The van der Waals surface area contributed by atoms with Crippen molar-refractivity contribution >= 4 is 18.2 Å². The third-order valence-electron chi connectivity index (χ3n) is 6.63. The van der Waals surface area contributed by atoms with E-state index in [-0.39, 0.29) is 24.6 Å². The predicted molar refractivity (Wildman–Crippen MR) is 163 cm³/mol. The molecule has 3 aromatic carbocycles. The van der Waals surface area contributed by atoms with Crippen LogP contribution in [0.2, 0.25) is 0 Å². The van der Waals surface area contributed by atoms with Crippen LogP contribution in [0.1, 0.15) is 36.6 Å². The highest BCUT2D eigenvalue weighted by Crippen LogP contribution is 2.35. The summed E-state index contributed by atoms with van der Waals surface area (Å²) in [6, 6.07) is 15.0. The lowest BCUT2D eigenvalue weighted by Crippen LogP contribution is -2.45. The van der Waals surface area contributed by atoms with E-state index in [4.69, 9.17) is 23.7 Å². The summed E-state index contributed by atoms with van der Waals surface area (Å²) in [7, 11) is 2.78. The van der Waals surface area contributed by atoms with Gasteiger partial charge in [0.25, 0.3) is 0 Å². The maximum absolute atomic E-state index is 13.3. The molecule has 0 aliphatic carbocycles. The average molecular weight is 623 g/mol. The first-order valence-electron chi connectivity index (χ1n) is 14.0. The van der Waals surface area contributed by atoms with E-state index in [0.717, 1.165) is 5.56 Å². The zero-order valence-corrected chi connectivity index (χ0v) is 25.3. The molecule has 0 saturated carbocycles. The number of urea groups is 1. The number of hydrazone groups is 1. The first-order chi connectivity index (χ1) is 21.7. The number of aliphatic hydroxyl groups excluding tert-OH is 1. The number of nitrogens with one attached hydrogen (secondary N) is 3. The van der Waals surface area contributed by atoms with E-state index in [0.29, 0.717) is 46.4 Å². The number of aliphatic hydroxyl groups is 1. The Balaban J connectivity index is 1.42. The molecule has 238 valence electrons. The number of allylic oxidation sites excluding steroid dienone is 1. The van der Waals surface area contributed by atoms with Crippen molar-refractivity contribution in [3.05, 3.63) is 94.4 Å². The summed E-state index contributed by atoms with van der Waals surface area (Å²) in [6.07, 6.45) is 0.262. The topological polar surface area (TPSA) is 149 Å². The second-order valence-electron chi connectivity index (χ2n) is 9.71. The molecule has 13 heteroatoms. The molecule has 2 amide bonds. The second kappa shape index (κ2) is 15.4. The van der Waals surface area contributed by atoms with Crippen LogP contribution >= 0.6 is 0 Å². The highest BCUT2D eigenvalue weighted by atomic mass is 19.1. The zero-order chi connectivity index (χ0) is 32.3. The van der Waals surface area contributed by atoms with E-state index >= 15 is 0 Å². The molecule has 2 atom stereocenters. The Bertz CT molecular complexity index is 1560. The van der Waals surface area contributed by atoms with Crippen LogP contribution in [0.15, 0.2) is 77.0 Å². The molecule has 12 nitrogen and oxygen atoms in total. The number of rotatable bonds is 14. The fourth-order valence-electron chi connectivity index (χ4n) is 4.50. The number of hydrogen-bond donors (Lipinski definition) is 4. The summed E-state index contributed by atoms with van der Waals surface area (Å²) in [5.74, 6) is 0.656. The van der Waals surface area contributed by atoms with E-state index in [9.17, 15) is 19.1 Å². The van der Waals surface area contributed by atoms with Crippen LogP contribution in [-0.4, -0.2) is 57.0 Å². The van der Waals surface area contributed by atoms with Crippen LogP contribution in [0.3, 0.4) is 0 Å². The molecule has 0 aromatic heterocycles. The van der Waals surface area contributed by atoms with Gasteiger partial charge in [-0.1, -0.05) is 24.3 Å². The Hall–Kier alpha value is -5.30. The summed E-state index contributed by atoms with van der Waals surface area (Å²) < 4.78 is 41.1. The van der Waals surface area contributed by atoms with Gasteiger partial charge in [-0.2, -0.15) is 5.10 Å². The number of esters is 1. The number of para-hydroxylation sites is 1. The first kappa shape index (κ1) is 32.6. The highest BCUT2D eigenvalue weighted by molar-refractivity contribution is 5.95. The smallest absolute Gasteiger partial charge is 0.337 e. The third-order valence-corrected chi connectivity index (χ3v) is 6.63. The SMILES string of the molecule is CCOc1cc([C@H]2NC(=O)NC(C)=C2C(=O)OC)ccc1OC[C@H](O)N/N=C/c1cccc(OC)c1OCc1ccc(F)cc1. The van der Waals surface area contributed by atoms with Gasteiger partial charge in [0.05, 0.1) is 38.7 Å². The largest absolute Gasteiger partial charge is 0.493 e. The number of halogens is 1. The van der Waals surface area contributed by atoms with Crippen molar-refractivity contribution < 1.29 is 42.8 Å². The number of hydrogen-bond acceptors (Lipinski definition) is 10. The number of nitrogens with zero attached hydrogens (tertiary/aromatic N) is 1. The molecule has 3 aromatic rings. The zero-order valence-electron chi connectivity index (χ0n) is 25.3. The van der Waals surface area contributed by atoms with Gasteiger partial charge >= 0.3 is 12.0 Å². The number of carbonyl (C=O) groups is 2. The summed E-state index contributed by atoms with van der Waals surface area (Å²) in [4.78, 5) is 24.6. The van der Waals surface area contributed by atoms with Crippen LogP contribution in [0, 0.1) is 5.82 Å². The number of benzene rings is 3. The Morgan fingerprint density at radius 2 is 1.84 bits per heavy atom. The van der Waals surface area contributed by atoms with Crippen molar-refractivity contribution in [2.75, 3.05) is 27.4 Å². The fourth-order valence-corrected chi connectivity index (χ4v) is 4.50. The summed E-state index contributed by atoms with van der Waals surface area (Å²) in [6.45, 7) is 3.71. The van der Waals surface area contributed by atoms with E-state index in [2.05, 4.69) is 21.2 Å². The van der Waals surface area contributed by atoms with Crippen molar-refractivity contribution in [1.82, 2.24) is 16.1 Å². The molecule has 0 fully saturated rings. The van der Waals surface area contributed by atoms with Gasteiger partial charge in [0.1, 0.15) is 19.0 Å². The molecular weight excluding hydrogens is 587 g/mol. The molecule has 45 heavy (non-hydrogen) atoms. The molecule has 0 radical (unpaired) electrons. The van der Waals surface area contributed by atoms with E-state index in [1.54, 1.807) is 62.4 Å². The quantitative estimate of drug-likeness (QED) is 0.0908. The van der Waals surface area contributed by atoms with Gasteiger partial charge in [-0.3, -0.25) is 5.43 Å². The van der Waals surface area contributed by atoms with Crippen molar-refractivity contribution in [2.24, 2.45) is 5.10 Å². The van der Waals surface area contributed by atoms with Crippen LogP contribution in [-0.2, 0) is 16.1 Å². The van der Waals surface area contributed by atoms with Gasteiger partial charge in [-0.05, 0) is 61.4 Å². The molecule has 4 N–H and O–H groups in total. The van der Waals surface area contributed by atoms with Crippen molar-refractivity contribution in [3.8, 4) is 23.0 Å². The lowest BCUT2D eigenvalue weighted by Gasteiger charge is -2.28. The maximum Gasteiger partial charge on any atom is 0.337 e. The van der Waals surface area contributed by atoms with Gasteiger partial charge in [-0.15, -0.1) is 0 Å². The van der Waals surface area contributed by atoms with E-state index in [1.165, 1.54) is 32.6 Å². The molecule has 0 spiro atoms.